The van der Waals surface area contributed by atoms with Gasteiger partial charge in [0.25, 0.3) is 0 Å². The lowest BCUT2D eigenvalue weighted by atomic mass is 10.1. The molecule has 94 valence electrons. The van der Waals surface area contributed by atoms with Crippen molar-refractivity contribution in [3.63, 3.8) is 0 Å². The van der Waals surface area contributed by atoms with Crippen molar-refractivity contribution >= 4 is 32.6 Å². The number of amides is 1. The Morgan fingerprint density at radius 1 is 1.11 bits per heavy atom. The van der Waals surface area contributed by atoms with E-state index in [0.717, 1.165) is 6.07 Å². The number of carbonyl (C=O) groups is 1. The van der Waals surface area contributed by atoms with E-state index in [1.807, 2.05) is 0 Å². The molecule has 2 aromatic carbocycles. The van der Waals surface area contributed by atoms with Crippen molar-refractivity contribution in [2.24, 2.45) is 0 Å². The van der Waals surface area contributed by atoms with Gasteiger partial charge in [-0.15, -0.1) is 3.89 Å². The predicted octanol–water partition coefficient (Wildman–Crippen LogP) is 2.46. The standard InChI is InChI=1S/C12H10FNO3S/c1-8(15)14-11-6-7-12(18(13,16)17)10-5-3-2-4-9(10)11/h2-7H,1H3,(H,14,15). The SMILES string of the molecule is CC(=O)Nc1ccc(S(=O)(=O)F)c2ccccc12. The molecule has 0 bridgehead atoms. The summed E-state index contributed by atoms with van der Waals surface area (Å²) in [4.78, 5) is 10.6. The summed E-state index contributed by atoms with van der Waals surface area (Å²) in [6, 6.07) is 8.92. The van der Waals surface area contributed by atoms with Crippen LogP contribution in [0.25, 0.3) is 10.8 Å². The van der Waals surface area contributed by atoms with E-state index >= 15 is 0 Å². The largest absolute Gasteiger partial charge is 0.332 e. The zero-order valence-electron chi connectivity index (χ0n) is 9.48. The fraction of sp³-hybridized carbons (Fsp3) is 0.0833. The molecule has 2 aromatic rings. The van der Waals surface area contributed by atoms with Crippen LogP contribution in [-0.4, -0.2) is 14.3 Å². The molecule has 0 saturated carbocycles. The van der Waals surface area contributed by atoms with E-state index in [0.29, 0.717) is 11.1 Å². The number of halogens is 1. The molecule has 2 rings (SSSR count). The van der Waals surface area contributed by atoms with Crippen LogP contribution in [0.5, 0.6) is 0 Å². The van der Waals surface area contributed by atoms with Crippen molar-refractivity contribution in [1.29, 1.82) is 0 Å². The predicted molar refractivity (Wildman–Crippen MR) is 66.5 cm³/mol. The second kappa shape index (κ2) is 4.38. The first-order chi connectivity index (χ1) is 8.39. The molecule has 1 amide bonds. The van der Waals surface area contributed by atoms with Crippen LogP contribution in [0.15, 0.2) is 41.3 Å². The Kier molecular flexibility index (Phi) is 3.04. The minimum atomic E-state index is -4.79. The van der Waals surface area contributed by atoms with Crippen molar-refractivity contribution in [2.45, 2.75) is 11.8 Å². The van der Waals surface area contributed by atoms with Gasteiger partial charge < -0.3 is 5.32 Å². The van der Waals surface area contributed by atoms with E-state index in [1.165, 1.54) is 19.1 Å². The molecule has 1 N–H and O–H groups in total. The third-order valence-electron chi connectivity index (χ3n) is 2.46. The minimum absolute atomic E-state index is 0.242. The molecular weight excluding hydrogens is 257 g/mol. The maximum atomic E-state index is 13.1. The normalized spacial score (nSPS) is 11.4. The average molecular weight is 267 g/mol. The number of fused-ring (bicyclic) bond motifs is 1. The van der Waals surface area contributed by atoms with Gasteiger partial charge in [-0.1, -0.05) is 24.3 Å². The lowest BCUT2D eigenvalue weighted by molar-refractivity contribution is -0.114. The first kappa shape index (κ1) is 12.5. The Morgan fingerprint density at radius 2 is 1.72 bits per heavy atom. The Balaban J connectivity index is 2.78. The lowest BCUT2D eigenvalue weighted by Crippen LogP contribution is -2.06. The molecule has 0 aromatic heterocycles. The topological polar surface area (TPSA) is 63.2 Å². The van der Waals surface area contributed by atoms with E-state index < -0.39 is 15.1 Å². The van der Waals surface area contributed by atoms with Gasteiger partial charge >= 0.3 is 10.2 Å². The third kappa shape index (κ3) is 2.33. The van der Waals surface area contributed by atoms with Crippen LogP contribution >= 0.6 is 0 Å². The van der Waals surface area contributed by atoms with Crippen molar-refractivity contribution in [3.05, 3.63) is 36.4 Å². The molecule has 0 unspecified atom stereocenters. The minimum Gasteiger partial charge on any atom is -0.326 e. The molecule has 0 atom stereocenters. The fourth-order valence-corrected chi connectivity index (χ4v) is 2.45. The van der Waals surface area contributed by atoms with Crippen LogP contribution in [0.3, 0.4) is 0 Å². The Hall–Kier alpha value is -1.95. The first-order valence-electron chi connectivity index (χ1n) is 5.13. The molecule has 0 aliphatic rings. The third-order valence-corrected chi connectivity index (χ3v) is 3.34. The summed E-state index contributed by atoms with van der Waals surface area (Å²) in [5, 5.41) is 3.29. The van der Waals surface area contributed by atoms with Gasteiger partial charge in [0.2, 0.25) is 5.91 Å². The highest BCUT2D eigenvalue weighted by molar-refractivity contribution is 7.86. The lowest BCUT2D eigenvalue weighted by Gasteiger charge is -2.09. The summed E-state index contributed by atoms with van der Waals surface area (Å²) < 4.78 is 35.2. The molecule has 18 heavy (non-hydrogen) atoms. The molecule has 0 spiro atoms. The molecule has 4 nitrogen and oxygen atoms in total. The molecular formula is C12H10FNO3S. The smallest absolute Gasteiger partial charge is 0.326 e. The van der Waals surface area contributed by atoms with Crippen LogP contribution < -0.4 is 5.32 Å². The van der Waals surface area contributed by atoms with Crippen LogP contribution in [0.4, 0.5) is 9.57 Å². The fourth-order valence-electron chi connectivity index (χ4n) is 1.78. The summed E-state index contributed by atoms with van der Waals surface area (Å²) in [5.74, 6) is -0.281. The Morgan fingerprint density at radius 3 is 2.28 bits per heavy atom. The van der Waals surface area contributed by atoms with E-state index in [9.17, 15) is 17.1 Å². The van der Waals surface area contributed by atoms with E-state index in [1.54, 1.807) is 18.2 Å². The second-order valence-corrected chi connectivity index (χ2v) is 5.09. The highest BCUT2D eigenvalue weighted by Crippen LogP contribution is 2.30. The summed E-state index contributed by atoms with van der Waals surface area (Å²) in [6.45, 7) is 1.34. The van der Waals surface area contributed by atoms with Gasteiger partial charge in [-0.2, -0.15) is 8.42 Å². The summed E-state index contributed by atoms with van der Waals surface area (Å²) in [5.41, 5.74) is 0.450. The van der Waals surface area contributed by atoms with Crippen LogP contribution in [0.1, 0.15) is 6.92 Å². The molecule has 6 heteroatoms. The quantitative estimate of drug-likeness (QED) is 0.850. The van der Waals surface area contributed by atoms with Crippen molar-refractivity contribution in [3.8, 4) is 0 Å². The van der Waals surface area contributed by atoms with Gasteiger partial charge in [-0.3, -0.25) is 4.79 Å². The molecule has 0 heterocycles. The first-order valence-corrected chi connectivity index (χ1v) is 6.52. The number of hydrogen-bond donors (Lipinski definition) is 1. The highest BCUT2D eigenvalue weighted by atomic mass is 32.3. The van der Waals surface area contributed by atoms with Crippen molar-refractivity contribution in [1.82, 2.24) is 0 Å². The van der Waals surface area contributed by atoms with Crippen LogP contribution in [0, 0.1) is 0 Å². The molecule has 0 aliphatic heterocycles. The van der Waals surface area contributed by atoms with Crippen LogP contribution in [0.2, 0.25) is 0 Å². The average Bonchev–Trinajstić information content (AvgIpc) is 2.27. The number of hydrogen-bond acceptors (Lipinski definition) is 3. The maximum Gasteiger partial charge on any atom is 0.332 e. The number of nitrogens with one attached hydrogen (secondary N) is 1. The number of anilines is 1. The summed E-state index contributed by atoms with van der Waals surface area (Å²) in [6.07, 6.45) is 0. The van der Waals surface area contributed by atoms with Gasteiger partial charge in [0.1, 0.15) is 4.90 Å². The molecule has 0 aliphatic carbocycles. The van der Waals surface area contributed by atoms with Gasteiger partial charge in [0.05, 0.1) is 0 Å². The number of carbonyl (C=O) groups excluding carboxylic acids is 1. The van der Waals surface area contributed by atoms with Gasteiger partial charge in [-0.05, 0) is 12.1 Å². The number of rotatable bonds is 2. The van der Waals surface area contributed by atoms with E-state index in [-0.39, 0.29) is 11.3 Å². The summed E-state index contributed by atoms with van der Waals surface area (Å²) >= 11 is 0. The summed E-state index contributed by atoms with van der Waals surface area (Å²) in [7, 11) is -4.79. The molecule has 0 radical (unpaired) electrons. The highest BCUT2D eigenvalue weighted by Gasteiger charge is 2.17. The zero-order chi connectivity index (χ0) is 13.3. The van der Waals surface area contributed by atoms with Gasteiger partial charge in [0, 0.05) is 23.4 Å². The molecule has 0 saturated heterocycles. The van der Waals surface area contributed by atoms with Gasteiger partial charge in [-0.25, -0.2) is 0 Å². The second-order valence-electron chi connectivity index (χ2n) is 3.78. The Labute approximate surface area is 104 Å². The van der Waals surface area contributed by atoms with Gasteiger partial charge in [0.15, 0.2) is 0 Å². The number of benzene rings is 2. The van der Waals surface area contributed by atoms with Crippen molar-refractivity contribution in [2.75, 3.05) is 5.32 Å². The maximum absolute atomic E-state index is 13.1. The Bertz CT molecular complexity index is 725. The van der Waals surface area contributed by atoms with E-state index in [2.05, 4.69) is 5.32 Å². The monoisotopic (exact) mass is 267 g/mol. The van der Waals surface area contributed by atoms with E-state index in [4.69, 9.17) is 0 Å². The van der Waals surface area contributed by atoms with Crippen LogP contribution in [-0.2, 0) is 15.0 Å². The zero-order valence-corrected chi connectivity index (χ0v) is 10.3. The molecule has 0 fully saturated rings. The van der Waals surface area contributed by atoms with Crippen molar-refractivity contribution < 1.29 is 17.1 Å².